The molecule has 0 radical (unpaired) electrons. The summed E-state index contributed by atoms with van der Waals surface area (Å²) in [6.45, 7) is 11.4. The number of anilines is 3. The van der Waals surface area contributed by atoms with Gasteiger partial charge in [0.05, 0.1) is 36.0 Å². The molecule has 1 saturated heterocycles. The first-order chi connectivity index (χ1) is 16.1. The molecule has 3 aromatic rings. The Balaban J connectivity index is 1.53. The summed E-state index contributed by atoms with van der Waals surface area (Å²) < 4.78 is 41.6. The van der Waals surface area contributed by atoms with Crippen molar-refractivity contribution in [3.8, 4) is 5.75 Å². The summed E-state index contributed by atoms with van der Waals surface area (Å²) in [6, 6.07) is 1.79. The number of furan rings is 1. The van der Waals surface area contributed by atoms with E-state index in [1.165, 1.54) is 4.31 Å². The molecule has 0 spiro atoms. The summed E-state index contributed by atoms with van der Waals surface area (Å²) in [5.74, 6) is 0.622. The average molecular weight is 527 g/mol. The second-order valence-electron chi connectivity index (χ2n) is 9.21. The normalized spacial score (nSPS) is 17.1. The lowest BCUT2D eigenvalue weighted by Gasteiger charge is -2.32. The van der Waals surface area contributed by atoms with E-state index in [1.807, 2.05) is 6.07 Å². The number of sulfonamides is 1. The monoisotopic (exact) mass is 526 g/mol. The third-order valence-corrected chi connectivity index (χ3v) is 9.77. The molecule has 4 heterocycles. The van der Waals surface area contributed by atoms with Gasteiger partial charge < -0.3 is 25.1 Å². The first-order valence-electron chi connectivity index (χ1n) is 11.0. The van der Waals surface area contributed by atoms with Gasteiger partial charge in [0.2, 0.25) is 0 Å². The van der Waals surface area contributed by atoms with Crippen LogP contribution in [0.15, 0.2) is 32.6 Å². The largest absolute Gasteiger partial charge is 0.504 e. The number of nitrogens with one attached hydrogen (secondary N) is 2. The number of thiophene rings is 1. The third kappa shape index (κ3) is 5.08. The number of hydrogen-bond donors (Lipinski definition) is 3. The molecule has 13 heteroatoms. The lowest BCUT2D eigenvalue weighted by atomic mass is 9.83. The topological polar surface area (TPSA) is 124 Å². The first kappa shape index (κ1) is 24.9. The predicted molar refractivity (Wildman–Crippen MR) is 135 cm³/mol. The van der Waals surface area contributed by atoms with Gasteiger partial charge in [0.25, 0.3) is 10.0 Å². The fourth-order valence-electron chi connectivity index (χ4n) is 3.88. The summed E-state index contributed by atoms with van der Waals surface area (Å²) in [6.07, 6.45) is 3.32. The van der Waals surface area contributed by atoms with E-state index in [1.54, 1.807) is 17.9 Å². The average Bonchev–Trinajstić information content (AvgIpc) is 3.54. The van der Waals surface area contributed by atoms with Crippen LogP contribution >= 0.6 is 23.1 Å². The van der Waals surface area contributed by atoms with Gasteiger partial charge in [0.1, 0.15) is 0 Å². The molecule has 0 amide bonds. The zero-order valence-corrected chi connectivity index (χ0v) is 22.1. The Morgan fingerprint density at radius 1 is 1.21 bits per heavy atom. The molecule has 1 fully saturated rings. The van der Waals surface area contributed by atoms with Gasteiger partial charge >= 0.3 is 0 Å². The van der Waals surface area contributed by atoms with Crippen LogP contribution in [0.1, 0.15) is 39.3 Å². The highest BCUT2D eigenvalue weighted by atomic mass is 32.2. The summed E-state index contributed by atoms with van der Waals surface area (Å²) in [4.78, 5) is 2.20. The van der Waals surface area contributed by atoms with Crippen molar-refractivity contribution < 1.29 is 17.9 Å². The zero-order valence-electron chi connectivity index (χ0n) is 19.6. The summed E-state index contributed by atoms with van der Waals surface area (Å²) >= 11 is 2.01. The zero-order chi connectivity index (χ0) is 24.5. The van der Waals surface area contributed by atoms with Crippen molar-refractivity contribution in [2.24, 2.45) is 5.41 Å². The molecule has 10 nitrogen and oxygen atoms in total. The van der Waals surface area contributed by atoms with Crippen molar-refractivity contribution in [3.05, 3.63) is 29.5 Å². The Morgan fingerprint density at radius 2 is 1.91 bits per heavy atom. The van der Waals surface area contributed by atoms with E-state index in [9.17, 15) is 13.5 Å². The van der Waals surface area contributed by atoms with Crippen LogP contribution < -0.4 is 10.6 Å². The Morgan fingerprint density at radius 3 is 2.53 bits per heavy atom. The van der Waals surface area contributed by atoms with Gasteiger partial charge in [-0.25, -0.2) is 8.42 Å². The Labute approximate surface area is 208 Å². The van der Waals surface area contributed by atoms with Gasteiger partial charge in [-0.2, -0.15) is 13.1 Å². The van der Waals surface area contributed by atoms with E-state index < -0.39 is 10.0 Å². The highest BCUT2D eigenvalue weighted by Crippen LogP contribution is 2.42. The Kier molecular flexibility index (Phi) is 7.20. The third-order valence-electron chi connectivity index (χ3n) is 5.85. The molecule has 4 rings (SSSR count). The standard InChI is InChI=1S/C21H30N6O4S3/c1-5-26-7-9-27(10-8-26)34(29,30)20-16(28)15(13-32-20)22-18-19(25-33-24-18)23-17(21(2,3)4)14-6-11-31-12-14/h6,11-13,17,28H,5,7-10H2,1-4H3,(H,22,24)(H,23,25)/t17-/m0/s1. The molecule has 1 aliphatic rings. The summed E-state index contributed by atoms with van der Waals surface area (Å²) in [5, 5.41) is 18.9. The number of nitrogens with zero attached hydrogens (tertiary/aromatic N) is 4. The quantitative estimate of drug-likeness (QED) is 0.397. The SMILES string of the molecule is CCN1CCN(S(=O)(=O)c2scc(Nc3nsnc3N[C@@H](c3ccoc3)C(C)(C)C)c2O)CC1. The van der Waals surface area contributed by atoms with E-state index in [2.05, 4.69) is 52.0 Å². The van der Waals surface area contributed by atoms with Gasteiger partial charge in [-0.3, -0.25) is 0 Å². The van der Waals surface area contributed by atoms with Crippen LogP contribution in [0.25, 0.3) is 0 Å². The molecular weight excluding hydrogens is 496 g/mol. The van der Waals surface area contributed by atoms with Gasteiger partial charge in [-0.05, 0) is 18.0 Å². The van der Waals surface area contributed by atoms with Crippen LogP contribution in [0.2, 0.25) is 0 Å². The minimum Gasteiger partial charge on any atom is -0.504 e. The number of aromatic hydroxyl groups is 1. The number of rotatable bonds is 8. The predicted octanol–water partition coefficient (Wildman–Crippen LogP) is 4.17. The molecule has 0 saturated carbocycles. The smallest absolute Gasteiger partial charge is 0.256 e. The summed E-state index contributed by atoms with van der Waals surface area (Å²) in [7, 11) is -3.78. The molecule has 34 heavy (non-hydrogen) atoms. The molecule has 0 bridgehead atoms. The maximum absolute atomic E-state index is 13.2. The number of hydrogen-bond acceptors (Lipinski definition) is 11. The van der Waals surface area contributed by atoms with Gasteiger partial charge in [-0.1, -0.05) is 27.7 Å². The van der Waals surface area contributed by atoms with E-state index >= 15 is 0 Å². The van der Waals surface area contributed by atoms with Crippen LogP contribution in [0.5, 0.6) is 5.75 Å². The van der Waals surface area contributed by atoms with Crippen LogP contribution in [0, 0.1) is 5.41 Å². The van der Waals surface area contributed by atoms with E-state index in [-0.39, 0.29) is 27.1 Å². The van der Waals surface area contributed by atoms with Crippen LogP contribution in [0.4, 0.5) is 17.3 Å². The van der Waals surface area contributed by atoms with E-state index in [0.29, 0.717) is 37.8 Å². The van der Waals surface area contributed by atoms with Gasteiger partial charge in [0, 0.05) is 37.1 Å². The molecule has 186 valence electrons. The number of likely N-dealkylation sites (N-methyl/N-ethyl adjacent to an activating group) is 1. The first-order valence-corrected chi connectivity index (χ1v) is 14.1. The highest BCUT2D eigenvalue weighted by Gasteiger charge is 2.33. The van der Waals surface area contributed by atoms with E-state index in [0.717, 1.165) is 35.2 Å². The lowest BCUT2D eigenvalue weighted by molar-refractivity contribution is 0.196. The molecule has 3 N–H and O–H groups in total. The Hall–Kier alpha value is -2.19. The molecule has 1 aliphatic heterocycles. The minimum absolute atomic E-state index is 0.0661. The number of aromatic nitrogens is 2. The molecule has 0 aliphatic carbocycles. The van der Waals surface area contributed by atoms with Crippen molar-refractivity contribution in [3.63, 3.8) is 0 Å². The molecule has 3 aromatic heterocycles. The fraction of sp³-hybridized carbons (Fsp3) is 0.524. The van der Waals surface area contributed by atoms with Crippen molar-refractivity contribution >= 4 is 50.4 Å². The maximum Gasteiger partial charge on any atom is 0.256 e. The lowest BCUT2D eigenvalue weighted by Crippen LogP contribution is -2.48. The molecule has 0 unspecified atom stereocenters. The fourth-order valence-corrected chi connectivity index (χ4v) is 7.15. The van der Waals surface area contributed by atoms with Crippen molar-refractivity contribution in [2.45, 2.75) is 37.9 Å². The summed E-state index contributed by atoms with van der Waals surface area (Å²) in [5.41, 5.74) is 1.10. The Bertz CT molecular complexity index is 1190. The van der Waals surface area contributed by atoms with Crippen LogP contribution in [0.3, 0.4) is 0 Å². The second kappa shape index (κ2) is 9.82. The van der Waals surface area contributed by atoms with Gasteiger partial charge in [0.15, 0.2) is 21.6 Å². The molecule has 0 aromatic carbocycles. The van der Waals surface area contributed by atoms with Crippen LogP contribution in [-0.4, -0.2) is 64.2 Å². The molecular formula is C21H30N6O4S3. The van der Waals surface area contributed by atoms with E-state index in [4.69, 9.17) is 4.42 Å². The minimum atomic E-state index is -3.78. The van der Waals surface area contributed by atoms with Crippen LogP contribution in [-0.2, 0) is 10.0 Å². The maximum atomic E-state index is 13.2. The van der Waals surface area contributed by atoms with Crippen molar-refractivity contribution in [1.29, 1.82) is 0 Å². The van der Waals surface area contributed by atoms with Crippen molar-refractivity contribution in [1.82, 2.24) is 18.0 Å². The molecule has 1 atom stereocenters. The van der Waals surface area contributed by atoms with Crippen molar-refractivity contribution in [2.75, 3.05) is 43.4 Å². The van der Waals surface area contributed by atoms with Gasteiger partial charge in [-0.15, -0.1) is 11.3 Å². The second-order valence-corrected chi connectivity index (χ2v) is 12.8. The number of piperazine rings is 1. The highest BCUT2D eigenvalue weighted by molar-refractivity contribution is 7.91.